The van der Waals surface area contributed by atoms with Crippen molar-refractivity contribution in [3.05, 3.63) is 0 Å². The fraction of sp³-hybridized carbons (Fsp3) is 1.00. The molecule has 0 radical (unpaired) electrons. The second kappa shape index (κ2) is 11.8. The molecule has 0 aromatic rings. The van der Waals surface area contributed by atoms with E-state index >= 15 is 0 Å². The maximum absolute atomic E-state index is 2.29. The van der Waals surface area contributed by atoms with Crippen molar-refractivity contribution in [3.8, 4) is 0 Å². The third kappa shape index (κ3) is 9.30. The molecule has 0 aromatic carbocycles. The Balaban J connectivity index is 1.69. The number of unbranched alkanes of at least 4 members (excludes halogenated alkanes) is 9. The van der Waals surface area contributed by atoms with E-state index in [0.29, 0.717) is 0 Å². The van der Waals surface area contributed by atoms with E-state index in [0.717, 1.165) is 5.25 Å². The van der Waals surface area contributed by atoms with Gasteiger partial charge in [-0.05, 0) is 6.42 Å². The first-order valence-electron chi connectivity index (χ1n) is 7.63. The van der Waals surface area contributed by atoms with E-state index in [4.69, 9.17) is 0 Å². The van der Waals surface area contributed by atoms with Crippen LogP contribution < -0.4 is 0 Å². The summed E-state index contributed by atoms with van der Waals surface area (Å²) in [5.74, 6) is 1.42. The van der Waals surface area contributed by atoms with Gasteiger partial charge in [-0.1, -0.05) is 71.1 Å². The Morgan fingerprint density at radius 3 is 1.94 bits per heavy atom. The molecule has 0 aliphatic carbocycles. The van der Waals surface area contributed by atoms with E-state index in [-0.39, 0.29) is 0 Å². The van der Waals surface area contributed by atoms with Crippen molar-refractivity contribution < 1.29 is 0 Å². The Hall–Kier alpha value is 0.700. The minimum Gasteiger partial charge on any atom is -0.150 e. The zero-order valence-corrected chi connectivity index (χ0v) is 13.2. The van der Waals surface area contributed by atoms with Gasteiger partial charge in [0.25, 0.3) is 0 Å². The quantitative estimate of drug-likeness (QED) is 0.417. The first-order valence-corrected chi connectivity index (χ1v) is 9.83. The van der Waals surface area contributed by atoms with Gasteiger partial charge in [-0.2, -0.15) is 0 Å². The monoisotopic (exact) mass is 274 g/mol. The van der Waals surface area contributed by atoms with E-state index in [1.165, 1.54) is 81.5 Å². The number of thioether (sulfide) groups is 2. The van der Waals surface area contributed by atoms with E-state index in [1.807, 2.05) is 0 Å². The molecule has 102 valence electrons. The largest absolute Gasteiger partial charge is 0.150 e. The van der Waals surface area contributed by atoms with E-state index < -0.39 is 0 Å². The summed E-state index contributed by atoms with van der Waals surface area (Å²) in [5.41, 5.74) is 0. The lowest BCUT2D eigenvalue weighted by Gasteiger charge is -2.06. The standard InChI is InChI=1S/C15H30S2/c1-2-3-4-5-6-7-8-9-10-11-12-15-13-16-14-17-15/h15H,2-14H2,1H3. The average molecular weight is 275 g/mol. The molecule has 2 heteroatoms. The van der Waals surface area contributed by atoms with Crippen LogP contribution in [0.15, 0.2) is 0 Å². The van der Waals surface area contributed by atoms with Crippen LogP contribution in [-0.2, 0) is 0 Å². The zero-order chi connectivity index (χ0) is 12.2. The number of hydrogen-bond donors (Lipinski definition) is 0. The molecule has 1 unspecified atom stereocenters. The molecule has 0 N–H and O–H groups in total. The van der Waals surface area contributed by atoms with Crippen LogP contribution in [0.1, 0.15) is 77.6 Å². The fourth-order valence-electron chi connectivity index (χ4n) is 2.40. The first-order chi connectivity index (χ1) is 8.43. The summed E-state index contributed by atoms with van der Waals surface area (Å²) in [6, 6.07) is 0. The van der Waals surface area contributed by atoms with Crippen LogP contribution in [0.25, 0.3) is 0 Å². The average Bonchev–Trinajstić information content (AvgIpc) is 2.85. The molecule has 0 bridgehead atoms. The zero-order valence-electron chi connectivity index (χ0n) is 11.6. The van der Waals surface area contributed by atoms with E-state index in [1.54, 1.807) is 0 Å². The highest BCUT2D eigenvalue weighted by Gasteiger charge is 2.14. The van der Waals surface area contributed by atoms with Crippen molar-refractivity contribution in [2.75, 3.05) is 10.8 Å². The molecule has 0 nitrogen and oxygen atoms in total. The Kier molecular flexibility index (Phi) is 10.9. The lowest BCUT2D eigenvalue weighted by molar-refractivity contribution is 0.550. The number of hydrogen-bond acceptors (Lipinski definition) is 2. The molecule has 1 fully saturated rings. The maximum Gasteiger partial charge on any atom is 0.0395 e. The SMILES string of the molecule is CCCCCCCCCCCCC1CSCS1. The smallest absolute Gasteiger partial charge is 0.0395 e. The highest BCUT2D eigenvalue weighted by Crippen LogP contribution is 2.32. The highest BCUT2D eigenvalue weighted by atomic mass is 32.2. The molecule has 1 atom stereocenters. The summed E-state index contributed by atoms with van der Waals surface area (Å²) in [6.45, 7) is 2.29. The van der Waals surface area contributed by atoms with Crippen LogP contribution in [0, 0.1) is 0 Å². The summed E-state index contributed by atoms with van der Waals surface area (Å²) in [5, 5.41) is 2.34. The Morgan fingerprint density at radius 2 is 1.41 bits per heavy atom. The fourth-order valence-corrected chi connectivity index (χ4v) is 5.37. The third-order valence-corrected chi connectivity index (χ3v) is 6.50. The molecular formula is C15H30S2. The van der Waals surface area contributed by atoms with Crippen molar-refractivity contribution >= 4 is 23.5 Å². The van der Waals surface area contributed by atoms with Crippen LogP contribution in [-0.4, -0.2) is 16.1 Å². The molecule has 0 amide bonds. The van der Waals surface area contributed by atoms with Gasteiger partial charge < -0.3 is 0 Å². The van der Waals surface area contributed by atoms with Gasteiger partial charge in [0, 0.05) is 16.1 Å². The van der Waals surface area contributed by atoms with Crippen molar-refractivity contribution in [1.29, 1.82) is 0 Å². The second-order valence-corrected chi connectivity index (χ2v) is 7.93. The molecule has 0 saturated carbocycles. The minimum atomic E-state index is 0.994. The Morgan fingerprint density at radius 1 is 0.824 bits per heavy atom. The van der Waals surface area contributed by atoms with Gasteiger partial charge in [0.2, 0.25) is 0 Å². The molecule has 0 spiro atoms. The van der Waals surface area contributed by atoms with E-state index in [2.05, 4.69) is 30.4 Å². The predicted molar refractivity (Wildman–Crippen MR) is 85.2 cm³/mol. The van der Waals surface area contributed by atoms with Crippen molar-refractivity contribution in [2.45, 2.75) is 82.8 Å². The normalized spacial score (nSPS) is 19.9. The van der Waals surface area contributed by atoms with Gasteiger partial charge in [0.15, 0.2) is 0 Å². The summed E-state index contributed by atoms with van der Waals surface area (Å²) in [6.07, 6.45) is 16.1. The third-order valence-electron chi connectivity index (χ3n) is 3.57. The Bertz CT molecular complexity index is 153. The lowest BCUT2D eigenvalue weighted by atomic mass is 10.1. The molecule has 1 heterocycles. The summed E-state index contributed by atoms with van der Waals surface area (Å²) >= 11 is 4.31. The lowest BCUT2D eigenvalue weighted by Crippen LogP contribution is -1.99. The molecule has 1 saturated heterocycles. The number of rotatable bonds is 11. The van der Waals surface area contributed by atoms with Gasteiger partial charge in [-0.15, -0.1) is 23.5 Å². The first kappa shape index (κ1) is 15.8. The second-order valence-electron chi connectivity index (χ2n) is 5.25. The van der Waals surface area contributed by atoms with Crippen LogP contribution >= 0.6 is 23.5 Å². The highest BCUT2D eigenvalue weighted by molar-refractivity contribution is 8.19. The van der Waals surface area contributed by atoms with Gasteiger partial charge in [-0.3, -0.25) is 0 Å². The molecule has 1 rings (SSSR count). The van der Waals surface area contributed by atoms with Crippen LogP contribution in [0.5, 0.6) is 0 Å². The Labute approximate surface area is 117 Å². The molecule has 1 aliphatic rings. The topological polar surface area (TPSA) is 0 Å². The summed E-state index contributed by atoms with van der Waals surface area (Å²) in [7, 11) is 0. The maximum atomic E-state index is 2.29. The van der Waals surface area contributed by atoms with Crippen molar-refractivity contribution in [2.24, 2.45) is 0 Å². The van der Waals surface area contributed by atoms with Gasteiger partial charge in [-0.25, -0.2) is 0 Å². The summed E-state index contributed by atoms with van der Waals surface area (Å²) in [4.78, 5) is 0. The minimum absolute atomic E-state index is 0.994. The van der Waals surface area contributed by atoms with E-state index in [9.17, 15) is 0 Å². The van der Waals surface area contributed by atoms with Crippen LogP contribution in [0.3, 0.4) is 0 Å². The van der Waals surface area contributed by atoms with Gasteiger partial charge in [0.1, 0.15) is 0 Å². The predicted octanol–water partition coefficient (Wildman–Crippen LogP) is 6.10. The van der Waals surface area contributed by atoms with Crippen LogP contribution in [0.2, 0.25) is 0 Å². The molecular weight excluding hydrogens is 244 g/mol. The molecule has 0 aromatic heterocycles. The van der Waals surface area contributed by atoms with Gasteiger partial charge >= 0.3 is 0 Å². The van der Waals surface area contributed by atoms with Crippen LogP contribution in [0.4, 0.5) is 0 Å². The van der Waals surface area contributed by atoms with Crippen molar-refractivity contribution in [3.63, 3.8) is 0 Å². The van der Waals surface area contributed by atoms with Crippen molar-refractivity contribution in [1.82, 2.24) is 0 Å². The summed E-state index contributed by atoms with van der Waals surface area (Å²) < 4.78 is 0. The molecule has 1 aliphatic heterocycles. The van der Waals surface area contributed by atoms with Gasteiger partial charge in [0.05, 0.1) is 0 Å². The molecule has 17 heavy (non-hydrogen) atoms.